The molecule has 1 fully saturated rings. The van der Waals surface area contributed by atoms with Crippen molar-refractivity contribution in [3.63, 3.8) is 0 Å². The predicted molar refractivity (Wildman–Crippen MR) is 82.9 cm³/mol. The summed E-state index contributed by atoms with van der Waals surface area (Å²) in [7, 11) is 0. The van der Waals surface area contributed by atoms with Gasteiger partial charge in [0.15, 0.2) is 0 Å². The quantitative estimate of drug-likeness (QED) is 0.937. The molecule has 2 aromatic rings. The van der Waals surface area contributed by atoms with Crippen LogP contribution >= 0.6 is 0 Å². The smallest absolute Gasteiger partial charge is 0.107 e. The van der Waals surface area contributed by atoms with Crippen molar-refractivity contribution in [3.05, 3.63) is 30.4 Å². The van der Waals surface area contributed by atoms with Gasteiger partial charge in [-0.05, 0) is 58.2 Å². The highest BCUT2D eigenvalue weighted by Gasteiger charge is 2.16. The van der Waals surface area contributed by atoms with Crippen LogP contribution in [0.15, 0.2) is 24.7 Å². The molecule has 0 spiro atoms. The number of hydrogen-bond donors (Lipinski definition) is 1. The molecule has 1 aliphatic heterocycles. The van der Waals surface area contributed by atoms with E-state index < -0.39 is 0 Å². The molecule has 3 heterocycles. The molecule has 1 unspecified atom stereocenters. The monoisotopic (exact) mass is 285 g/mol. The highest BCUT2D eigenvalue weighted by Crippen LogP contribution is 2.21. The van der Waals surface area contributed by atoms with Crippen molar-refractivity contribution >= 4 is 0 Å². The molecule has 5 nitrogen and oxygen atoms in total. The Morgan fingerprint density at radius 1 is 1.38 bits per heavy atom. The fourth-order valence-corrected chi connectivity index (χ4v) is 2.95. The first kappa shape index (κ1) is 14.2. The molecule has 1 saturated heterocycles. The van der Waals surface area contributed by atoms with E-state index in [0.717, 1.165) is 36.6 Å². The molecule has 0 bridgehead atoms. The van der Waals surface area contributed by atoms with Gasteiger partial charge in [0.2, 0.25) is 0 Å². The topological polar surface area (TPSA) is 55.6 Å². The van der Waals surface area contributed by atoms with Crippen molar-refractivity contribution in [2.45, 2.75) is 39.2 Å². The molecule has 21 heavy (non-hydrogen) atoms. The van der Waals surface area contributed by atoms with Gasteiger partial charge in [0, 0.05) is 18.4 Å². The Balaban J connectivity index is 1.80. The SMILES string of the molecule is CC(C)n1nccc1-c1cncc(CC2CCCNC2)n1. The van der Waals surface area contributed by atoms with Crippen molar-refractivity contribution in [2.75, 3.05) is 13.1 Å². The Morgan fingerprint density at radius 2 is 2.29 bits per heavy atom. The Hall–Kier alpha value is -1.75. The summed E-state index contributed by atoms with van der Waals surface area (Å²) >= 11 is 0. The lowest BCUT2D eigenvalue weighted by Gasteiger charge is -2.22. The fourth-order valence-electron chi connectivity index (χ4n) is 2.95. The minimum absolute atomic E-state index is 0.322. The third-order valence-electron chi connectivity index (χ3n) is 4.00. The minimum Gasteiger partial charge on any atom is -0.316 e. The van der Waals surface area contributed by atoms with Crippen LogP contribution in [0.4, 0.5) is 0 Å². The van der Waals surface area contributed by atoms with Crippen LogP contribution in [0.25, 0.3) is 11.4 Å². The van der Waals surface area contributed by atoms with Crippen LogP contribution in [-0.2, 0) is 6.42 Å². The average molecular weight is 285 g/mol. The molecule has 112 valence electrons. The second kappa shape index (κ2) is 6.35. The maximum absolute atomic E-state index is 4.80. The predicted octanol–water partition coefficient (Wildman–Crippen LogP) is 2.46. The van der Waals surface area contributed by atoms with E-state index in [0.29, 0.717) is 12.0 Å². The van der Waals surface area contributed by atoms with Gasteiger partial charge in [0.25, 0.3) is 0 Å². The number of nitrogens with zero attached hydrogens (tertiary/aromatic N) is 4. The number of piperidine rings is 1. The number of hydrogen-bond acceptors (Lipinski definition) is 4. The molecular formula is C16H23N5. The van der Waals surface area contributed by atoms with Crippen molar-refractivity contribution in [1.29, 1.82) is 0 Å². The lowest BCUT2D eigenvalue weighted by atomic mass is 9.95. The Morgan fingerprint density at radius 3 is 3.05 bits per heavy atom. The van der Waals surface area contributed by atoms with Gasteiger partial charge in [-0.15, -0.1) is 0 Å². The summed E-state index contributed by atoms with van der Waals surface area (Å²) in [6, 6.07) is 2.33. The second-order valence-corrected chi connectivity index (χ2v) is 6.07. The second-order valence-electron chi connectivity index (χ2n) is 6.07. The molecule has 2 aromatic heterocycles. The lowest BCUT2D eigenvalue weighted by molar-refractivity contribution is 0.373. The van der Waals surface area contributed by atoms with Gasteiger partial charge in [0.1, 0.15) is 5.69 Å². The van der Waals surface area contributed by atoms with Gasteiger partial charge < -0.3 is 5.32 Å². The number of nitrogens with one attached hydrogen (secondary N) is 1. The lowest BCUT2D eigenvalue weighted by Crippen LogP contribution is -2.31. The Bertz CT molecular complexity index is 584. The summed E-state index contributed by atoms with van der Waals surface area (Å²) in [5, 5.41) is 7.84. The standard InChI is InChI=1S/C16H23N5/c1-12(2)21-16(5-7-19-21)15-11-18-10-14(20-15)8-13-4-3-6-17-9-13/h5,7,10-13,17H,3-4,6,8-9H2,1-2H3. The van der Waals surface area contributed by atoms with Gasteiger partial charge in [-0.25, -0.2) is 4.98 Å². The van der Waals surface area contributed by atoms with E-state index in [1.165, 1.54) is 12.8 Å². The summed E-state index contributed by atoms with van der Waals surface area (Å²) < 4.78 is 2.00. The summed E-state index contributed by atoms with van der Waals surface area (Å²) in [5.74, 6) is 0.679. The van der Waals surface area contributed by atoms with Crippen molar-refractivity contribution in [3.8, 4) is 11.4 Å². The van der Waals surface area contributed by atoms with E-state index in [2.05, 4.69) is 29.2 Å². The number of aromatic nitrogens is 4. The van der Waals surface area contributed by atoms with Gasteiger partial charge in [-0.1, -0.05) is 0 Å². The zero-order valence-electron chi connectivity index (χ0n) is 12.8. The van der Waals surface area contributed by atoms with Crippen LogP contribution < -0.4 is 5.32 Å². The first-order valence-electron chi connectivity index (χ1n) is 7.79. The van der Waals surface area contributed by atoms with Crippen LogP contribution in [0.1, 0.15) is 38.4 Å². The first-order valence-corrected chi connectivity index (χ1v) is 7.79. The van der Waals surface area contributed by atoms with Gasteiger partial charge in [0.05, 0.1) is 17.6 Å². The van der Waals surface area contributed by atoms with Crippen LogP contribution in [0.3, 0.4) is 0 Å². The molecule has 0 saturated carbocycles. The first-order chi connectivity index (χ1) is 10.2. The van der Waals surface area contributed by atoms with E-state index in [-0.39, 0.29) is 0 Å². The molecular weight excluding hydrogens is 262 g/mol. The highest BCUT2D eigenvalue weighted by molar-refractivity contribution is 5.53. The van der Waals surface area contributed by atoms with Crippen molar-refractivity contribution in [2.24, 2.45) is 5.92 Å². The Labute approximate surface area is 125 Å². The van der Waals surface area contributed by atoms with E-state index in [1.807, 2.05) is 29.3 Å². The van der Waals surface area contributed by atoms with Gasteiger partial charge >= 0.3 is 0 Å². The molecule has 1 aliphatic rings. The normalized spacial score (nSPS) is 19.1. The van der Waals surface area contributed by atoms with E-state index in [9.17, 15) is 0 Å². The third kappa shape index (κ3) is 3.29. The molecule has 0 amide bonds. The van der Waals surface area contributed by atoms with Crippen molar-refractivity contribution < 1.29 is 0 Å². The zero-order chi connectivity index (χ0) is 14.7. The van der Waals surface area contributed by atoms with Crippen LogP contribution in [0.5, 0.6) is 0 Å². The van der Waals surface area contributed by atoms with E-state index >= 15 is 0 Å². The maximum Gasteiger partial charge on any atom is 0.107 e. The molecule has 3 rings (SSSR count). The maximum atomic E-state index is 4.80. The average Bonchev–Trinajstić information content (AvgIpc) is 2.98. The fraction of sp³-hybridized carbons (Fsp3) is 0.562. The van der Waals surface area contributed by atoms with Gasteiger partial charge in [-0.3, -0.25) is 9.67 Å². The molecule has 1 atom stereocenters. The molecule has 5 heteroatoms. The summed E-state index contributed by atoms with van der Waals surface area (Å²) in [6.45, 7) is 6.49. The van der Waals surface area contributed by atoms with Crippen LogP contribution in [0.2, 0.25) is 0 Å². The van der Waals surface area contributed by atoms with E-state index in [4.69, 9.17) is 4.98 Å². The number of rotatable bonds is 4. The third-order valence-corrected chi connectivity index (χ3v) is 4.00. The van der Waals surface area contributed by atoms with Crippen LogP contribution in [-0.4, -0.2) is 32.8 Å². The van der Waals surface area contributed by atoms with Crippen molar-refractivity contribution in [1.82, 2.24) is 25.1 Å². The molecule has 0 radical (unpaired) electrons. The van der Waals surface area contributed by atoms with E-state index in [1.54, 1.807) is 0 Å². The van der Waals surface area contributed by atoms with Gasteiger partial charge in [-0.2, -0.15) is 5.10 Å². The zero-order valence-corrected chi connectivity index (χ0v) is 12.8. The molecule has 1 N–H and O–H groups in total. The molecule has 0 aliphatic carbocycles. The minimum atomic E-state index is 0.322. The largest absolute Gasteiger partial charge is 0.316 e. The van der Waals surface area contributed by atoms with Crippen LogP contribution in [0, 0.1) is 5.92 Å². The summed E-state index contributed by atoms with van der Waals surface area (Å²) in [5.41, 5.74) is 3.04. The molecule has 0 aromatic carbocycles. The Kier molecular flexibility index (Phi) is 4.29. The summed E-state index contributed by atoms with van der Waals surface area (Å²) in [4.78, 5) is 9.18. The highest BCUT2D eigenvalue weighted by atomic mass is 15.3. The summed E-state index contributed by atoms with van der Waals surface area (Å²) in [6.07, 6.45) is 9.10.